The van der Waals surface area contributed by atoms with Crippen LogP contribution < -0.4 is 16.0 Å². The summed E-state index contributed by atoms with van der Waals surface area (Å²) in [4.78, 5) is 7.95. The highest BCUT2D eigenvalue weighted by Crippen LogP contribution is 2.43. The van der Waals surface area contributed by atoms with Crippen LogP contribution in [0.25, 0.3) is 0 Å². The Morgan fingerprint density at radius 2 is 2.07 bits per heavy atom. The van der Waals surface area contributed by atoms with Crippen LogP contribution in [0.5, 0.6) is 0 Å². The van der Waals surface area contributed by atoms with Crippen LogP contribution in [-0.2, 0) is 10.9 Å². The molecule has 0 aliphatic heterocycles. The molecular formula is C18H28F3N5O. The first-order chi connectivity index (χ1) is 12.9. The lowest BCUT2D eigenvalue weighted by molar-refractivity contribution is -0.137. The van der Waals surface area contributed by atoms with Gasteiger partial charge in [0.1, 0.15) is 5.82 Å². The van der Waals surface area contributed by atoms with Crippen molar-refractivity contribution in [2.45, 2.75) is 31.9 Å². The Hall–Kier alpha value is -2.03. The summed E-state index contributed by atoms with van der Waals surface area (Å²) in [5, 5.41) is 9.16. The lowest BCUT2D eigenvalue weighted by Crippen LogP contribution is -2.47. The van der Waals surface area contributed by atoms with Crippen LogP contribution in [0.15, 0.2) is 23.3 Å². The van der Waals surface area contributed by atoms with Gasteiger partial charge >= 0.3 is 6.18 Å². The largest absolute Gasteiger partial charge is 0.419 e. The molecule has 0 saturated heterocycles. The van der Waals surface area contributed by atoms with Crippen molar-refractivity contribution in [3.05, 3.63) is 23.9 Å². The van der Waals surface area contributed by atoms with Crippen LogP contribution in [0.2, 0.25) is 0 Å². The molecule has 152 valence electrons. The minimum Gasteiger partial charge on any atom is -0.385 e. The van der Waals surface area contributed by atoms with Gasteiger partial charge in [-0.15, -0.1) is 0 Å². The molecule has 1 aromatic heterocycles. The standard InChI is InChI=1S/C18H28F3N5O/c1-22-16(26-13-17(6-4-7-17)8-12-27-2)25-11-10-24-15-14(18(19,20)21)5-3-9-23-15/h3,5,9H,4,6-8,10-13H2,1-2H3,(H,23,24)(H2,22,25,26). The summed E-state index contributed by atoms with van der Waals surface area (Å²) in [6.45, 7) is 2.25. The predicted molar refractivity (Wildman–Crippen MR) is 99.9 cm³/mol. The third kappa shape index (κ3) is 6.27. The van der Waals surface area contributed by atoms with Crippen molar-refractivity contribution in [1.82, 2.24) is 15.6 Å². The van der Waals surface area contributed by atoms with E-state index >= 15 is 0 Å². The van der Waals surface area contributed by atoms with Gasteiger partial charge in [0, 0.05) is 46.6 Å². The van der Waals surface area contributed by atoms with Crippen molar-refractivity contribution in [3.63, 3.8) is 0 Å². The maximum absolute atomic E-state index is 12.9. The van der Waals surface area contributed by atoms with Crippen molar-refractivity contribution in [3.8, 4) is 0 Å². The zero-order chi connectivity index (χ0) is 19.8. The molecule has 1 saturated carbocycles. The summed E-state index contributed by atoms with van der Waals surface area (Å²) in [5.74, 6) is 0.472. The van der Waals surface area contributed by atoms with E-state index in [0.29, 0.717) is 12.5 Å². The van der Waals surface area contributed by atoms with Crippen LogP contribution in [0.1, 0.15) is 31.2 Å². The highest BCUT2D eigenvalue weighted by Gasteiger charge is 2.36. The van der Waals surface area contributed by atoms with Gasteiger partial charge < -0.3 is 20.7 Å². The fourth-order valence-corrected chi connectivity index (χ4v) is 3.14. The SMILES string of the molecule is CN=C(NCCNc1ncccc1C(F)(F)F)NCC1(CCOC)CCC1. The number of alkyl halides is 3. The average Bonchev–Trinajstić information content (AvgIpc) is 2.61. The smallest absolute Gasteiger partial charge is 0.385 e. The van der Waals surface area contributed by atoms with E-state index in [9.17, 15) is 13.2 Å². The molecule has 1 aromatic rings. The molecule has 0 spiro atoms. The van der Waals surface area contributed by atoms with Crippen LogP contribution in [-0.4, -0.2) is 51.3 Å². The lowest BCUT2D eigenvalue weighted by atomic mass is 9.67. The van der Waals surface area contributed by atoms with Crippen LogP contribution in [0.3, 0.4) is 0 Å². The number of anilines is 1. The lowest BCUT2D eigenvalue weighted by Gasteiger charge is -2.42. The molecular weight excluding hydrogens is 359 g/mol. The molecule has 1 aliphatic rings. The third-order valence-corrected chi connectivity index (χ3v) is 4.93. The van der Waals surface area contributed by atoms with E-state index in [-0.39, 0.29) is 17.8 Å². The highest BCUT2D eigenvalue weighted by atomic mass is 19.4. The Morgan fingerprint density at radius 1 is 1.30 bits per heavy atom. The molecule has 0 unspecified atom stereocenters. The number of nitrogens with zero attached hydrogens (tertiary/aromatic N) is 2. The number of hydrogen-bond acceptors (Lipinski definition) is 4. The van der Waals surface area contributed by atoms with E-state index in [0.717, 1.165) is 25.6 Å². The molecule has 0 bridgehead atoms. The van der Waals surface area contributed by atoms with Crippen LogP contribution >= 0.6 is 0 Å². The summed E-state index contributed by atoms with van der Waals surface area (Å²) < 4.78 is 44.0. The van der Waals surface area contributed by atoms with Crippen molar-refractivity contribution < 1.29 is 17.9 Å². The maximum Gasteiger partial charge on any atom is 0.419 e. The topological polar surface area (TPSA) is 70.6 Å². The molecule has 1 heterocycles. The van der Waals surface area contributed by atoms with Crippen LogP contribution in [0.4, 0.5) is 19.0 Å². The van der Waals surface area contributed by atoms with E-state index in [4.69, 9.17) is 4.74 Å². The Kier molecular flexibility index (Phi) is 7.70. The van der Waals surface area contributed by atoms with Gasteiger partial charge in [-0.25, -0.2) is 4.98 Å². The van der Waals surface area contributed by atoms with Gasteiger partial charge in [-0.1, -0.05) is 6.42 Å². The van der Waals surface area contributed by atoms with Gasteiger partial charge in [-0.05, 0) is 36.8 Å². The maximum atomic E-state index is 12.9. The Labute approximate surface area is 158 Å². The van der Waals surface area contributed by atoms with Crippen molar-refractivity contribution in [2.24, 2.45) is 10.4 Å². The number of aromatic nitrogens is 1. The van der Waals surface area contributed by atoms with Crippen molar-refractivity contribution >= 4 is 11.8 Å². The van der Waals surface area contributed by atoms with Gasteiger partial charge in [-0.2, -0.15) is 13.2 Å². The molecule has 0 atom stereocenters. The highest BCUT2D eigenvalue weighted by molar-refractivity contribution is 5.79. The summed E-state index contributed by atoms with van der Waals surface area (Å²) in [7, 11) is 3.38. The molecule has 0 aromatic carbocycles. The second-order valence-corrected chi connectivity index (χ2v) is 6.77. The molecule has 1 fully saturated rings. The predicted octanol–water partition coefficient (Wildman–Crippen LogP) is 2.88. The normalized spacial score (nSPS) is 16.6. The summed E-state index contributed by atoms with van der Waals surface area (Å²) in [6, 6.07) is 2.29. The summed E-state index contributed by atoms with van der Waals surface area (Å²) >= 11 is 0. The molecule has 3 N–H and O–H groups in total. The number of rotatable bonds is 9. The van der Waals surface area contributed by atoms with Gasteiger partial charge in [0.05, 0.1) is 5.56 Å². The third-order valence-electron chi connectivity index (χ3n) is 4.93. The second kappa shape index (κ2) is 9.77. The first kappa shape index (κ1) is 21.3. The molecule has 0 amide bonds. The number of halogens is 3. The quantitative estimate of drug-likeness (QED) is 0.345. The zero-order valence-corrected chi connectivity index (χ0v) is 15.8. The molecule has 0 radical (unpaired) electrons. The number of ether oxygens (including phenoxy) is 1. The minimum absolute atomic E-state index is 0.164. The van der Waals surface area contributed by atoms with E-state index in [1.807, 2.05) is 0 Å². The van der Waals surface area contributed by atoms with Crippen molar-refractivity contribution in [2.75, 3.05) is 45.7 Å². The second-order valence-electron chi connectivity index (χ2n) is 6.77. The molecule has 6 nitrogen and oxygen atoms in total. The number of guanidine groups is 1. The van der Waals surface area contributed by atoms with E-state index in [2.05, 4.69) is 25.9 Å². The number of methoxy groups -OCH3 is 1. The van der Waals surface area contributed by atoms with Gasteiger partial charge in [0.25, 0.3) is 0 Å². The van der Waals surface area contributed by atoms with E-state index in [1.54, 1.807) is 14.2 Å². The van der Waals surface area contributed by atoms with Gasteiger partial charge in [-0.3, -0.25) is 4.99 Å². The van der Waals surface area contributed by atoms with Gasteiger partial charge in [0.2, 0.25) is 0 Å². The fourth-order valence-electron chi connectivity index (χ4n) is 3.14. The number of hydrogen-bond donors (Lipinski definition) is 3. The minimum atomic E-state index is -4.43. The molecule has 1 aliphatic carbocycles. The van der Waals surface area contributed by atoms with Crippen LogP contribution in [0, 0.1) is 5.41 Å². The number of nitrogens with one attached hydrogen (secondary N) is 3. The van der Waals surface area contributed by atoms with E-state index in [1.165, 1.54) is 31.5 Å². The summed E-state index contributed by atoms with van der Waals surface area (Å²) in [6.07, 6.45) is 1.48. The Bertz CT molecular complexity index is 617. The van der Waals surface area contributed by atoms with Crippen molar-refractivity contribution in [1.29, 1.82) is 0 Å². The number of aliphatic imine (C=N–C) groups is 1. The Balaban J connectivity index is 1.76. The molecule has 9 heteroatoms. The van der Waals surface area contributed by atoms with Gasteiger partial charge in [0.15, 0.2) is 5.96 Å². The Morgan fingerprint density at radius 3 is 2.67 bits per heavy atom. The monoisotopic (exact) mass is 387 g/mol. The fraction of sp³-hybridized carbons (Fsp3) is 0.667. The first-order valence-electron chi connectivity index (χ1n) is 9.10. The van der Waals surface area contributed by atoms with E-state index < -0.39 is 11.7 Å². The zero-order valence-electron chi connectivity index (χ0n) is 15.8. The number of pyridine rings is 1. The first-order valence-corrected chi connectivity index (χ1v) is 9.10. The molecule has 2 rings (SSSR count). The summed E-state index contributed by atoms with van der Waals surface area (Å²) in [5.41, 5.74) is -0.515. The average molecular weight is 387 g/mol. The molecule has 27 heavy (non-hydrogen) atoms.